The van der Waals surface area contributed by atoms with Gasteiger partial charge in [0.15, 0.2) is 40.5 Å². The lowest BCUT2D eigenvalue weighted by Gasteiger charge is -2.04. The first-order valence-electron chi connectivity index (χ1n) is 26.4. The summed E-state index contributed by atoms with van der Waals surface area (Å²) in [5.41, 5.74) is 5.95. The number of carbonyl (C=O) groups excluding carboxylic acids is 8. The van der Waals surface area contributed by atoms with Crippen molar-refractivity contribution >= 4 is 46.5 Å². The van der Waals surface area contributed by atoms with Gasteiger partial charge in [-0.15, -0.1) is 0 Å². The summed E-state index contributed by atoms with van der Waals surface area (Å²) in [5, 5.41) is 44.6. The smallest absolute Gasteiger partial charge is 0.338 e. The van der Waals surface area contributed by atoms with Crippen molar-refractivity contribution in [1.82, 2.24) is 0 Å². The third-order valence-electron chi connectivity index (χ3n) is 11.2. The van der Waals surface area contributed by atoms with Crippen LogP contribution in [-0.2, 0) is 11.2 Å². The molecule has 0 saturated carbocycles. The highest BCUT2D eigenvalue weighted by molar-refractivity contribution is 5.98. The summed E-state index contributed by atoms with van der Waals surface area (Å²) in [7, 11) is 0. The fourth-order valence-corrected chi connectivity index (χ4v) is 6.56. The van der Waals surface area contributed by atoms with Crippen molar-refractivity contribution in [3.8, 4) is 28.7 Å². The van der Waals surface area contributed by atoms with Gasteiger partial charge in [0.2, 0.25) is 0 Å². The number of ether oxygens (including phenoxy) is 1. The molecule has 0 heterocycles. The summed E-state index contributed by atoms with van der Waals surface area (Å²) < 4.78 is 5.19. The van der Waals surface area contributed by atoms with Gasteiger partial charge in [-0.2, -0.15) is 0 Å². The Kier molecular flexibility index (Phi) is 32.7. The Morgan fingerprint density at radius 2 is 0.565 bits per heavy atom. The number of benzene rings is 9. The molecule has 9 rings (SSSR count). The van der Waals surface area contributed by atoms with E-state index in [1.165, 1.54) is 75.7 Å². The molecule has 9 aromatic carbocycles. The minimum Gasteiger partial charge on any atom is -0.508 e. The second-order valence-electron chi connectivity index (χ2n) is 18.0. The molecule has 5 N–H and O–H groups in total. The number of hydrogen-bond donors (Lipinski definition) is 5. The highest BCUT2D eigenvalue weighted by atomic mass is 16.5. The minimum absolute atomic E-state index is 0.0139. The number of aromatic hydroxyl groups is 5. The highest BCUT2D eigenvalue weighted by Gasteiger charge is 2.07. The van der Waals surface area contributed by atoms with Gasteiger partial charge in [0.05, 0.1) is 23.3 Å². The monoisotopic (exact) mass is 1150 g/mol. The zero-order valence-corrected chi connectivity index (χ0v) is 48.4. The summed E-state index contributed by atoms with van der Waals surface area (Å²) in [6.07, 6.45) is 0.749. The quantitative estimate of drug-likeness (QED) is 0.0597. The Hall–Kier alpha value is -10.9. The van der Waals surface area contributed by atoms with Crippen LogP contribution in [0.1, 0.15) is 137 Å². The van der Waals surface area contributed by atoms with E-state index in [-0.39, 0.29) is 80.8 Å². The van der Waals surface area contributed by atoms with Crippen molar-refractivity contribution in [2.24, 2.45) is 0 Å². The van der Waals surface area contributed by atoms with Crippen LogP contribution < -0.4 is 0 Å². The van der Waals surface area contributed by atoms with Crippen molar-refractivity contribution in [3.63, 3.8) is 0 Å². The Morgan fingerprint density at radius 3 is 0.859 bits per heavy atom. The second kappa shape index (κ2) is 39.5. The number of esters is 1. The second-order valence-corrected chi connectivity index (χ2v) is 18.0. The number of carbonyl (C=O) groups is 8. The molecule has 0 unspecified atom stereocenters. The third kappa shape index (κ3) is 30.0. The first-order valence-corrected chi connectivity index (χ1v) is 26.4. The number of rotatable bonds is 11. The lowest BCUT2D eigenvalue weighted by molar-refractivity contribution is 0.0508. The summed E-state index contributed by atoms with van der Waals surface area (Å²) in [4.78, 5) is 86.3. The van der Waals surface area contributed by atoms with Crippen LogP contribution in [0.2, 0.25) is 0 Å². The number of phenolic OH excluding ortho intramolecular Hbond substituents is 5. The summed E-state index contributed by atoms with van der Waals surface area (Å²) in [6.45, 7) is 10.9. The molecule has 0 bridgehead atoms. The van der Waals surface area contributed by atoms with Crippen LogP contribution in [0.5, 0.6) is 28.7 Å². The number of ketones is 7. The van der Waals surface area contributed by atoms with Gasteiger partial charge >= 0.3 is 5.97 Å². The van der Waals surface area contributed by atoms with Crippen LogP contribution in [0.3, 0.4) is 0 Å². The van der Waals surface area contributed by atoms with Crippen LogP contribution in [0, 0.1) is 0 Å². The fourth-order valence-electron chi connectivity index (χ4n) is 6.56. The molecule has 14 heteroatoms. The molecule has 438 valence electrons. The molecule has 0 spiro atoms. The molecule has 0 aliphatic carbocycles. The van der Waals surface area contributed by atoms with E-state index in [9.17, 15) is 38.4 Å². The van der Waals surface area contributed by atoms with Crippen molar-refractivity contribution in [1.29, 1.82) is 0 Å². The molecule has 0 amide bonds. The molecular formula is C71H70O14. The van der Waals surface area contributed by atoms with E-state index in [0.29, 0.717) is 28.9 Å². The van der Waals surface area contributed by atoms with Crippen molar-refractivity contribution < 1.29 is 68.6 Å². The maximum atomic E-state index is 11.6. The van der Waals surface area contributed by atoms with E-state index in [2.05, 4.69) is 0 Å². The van der Waals surface area contributed by atoms with E-state index >= 15 is 0 Å². The number of hydrogen-bond acceptors (Lipinski definition) is 14. The van der Waals surface area contributed by atoms with E-state index in [1.807, 2.05) is 140 Å². The van der Waals surface area contributed by atoms with E-state index < -0.39 is 0 Å². The lowest BCUT2D eigenvalue weighted by Crippen LogP contribution is -2.07. The molecular weight excluding hydrogens is 1080 g/mol. The van der Waals surface area contributed by atoms with Crippen LogP contribution in [0.15, 0.2) is 243 Å². The molecule has 0 radical (unpaired) electrons. The van der Waals surface area contributed by atoms with Gasteiger partial charge in [0, 0.05) is 40.3 Å². The average Bonchev–Trinajstić information content (AvgIpc) is 3.50. The van der Waals surface area contributed by atoms with Gasteiger partial charge in [-0.1, -0.05) is 152 Å². The maximum absolute atomic E-state index is 11.6. The van der Waals surface area contributed by atoms with Crippen molar-refractivity contribution in [2.45, 2.75) is 54.9 Å². The number of phenols is 5. The predicted molar refractivity (Wildman–Crippen MR) is 330 cm³/mol. The topological polar surface area (TPSA) is 247 Å². The molecule has 0 saturated heterocycles. The van der Waals surface area contributed by atoms with Gasteiger partial charge in [-0.05, 0) is 139 Å². The van der Waals surface area contributed by atoms with E-state index in [0.717, 1.165) is 29.2 Å². The molecule has 85 heavy (non-hydrogen) atoms. The van der Waals surface area contributed by atoms with E-state index in [4.69, 9.17) is 30.3 Å². The zero-order valence-electron chi connectivity index (χ0n) is 48.4. The lowest BCUT2D eigenvalue weighted by atomic mass is 10.1. The van der Waals surface area contributed by atoms with Gasteiger partial charge in [-0.3, -0.25) is 33.6 Å². The standard InChI is InChI=1S/C15H14O2.C8H8O3.3C8H8O2.3C8H8O/c16-15(14-9-5-2-6-10-14)17-12-11-13-7-3-1-4-8-13;1-5(9)7-3-2-6(10)4-8(7)11;2*1-6(9)7-2-4-8(10)5-3-7;1-6(9)7-4-2-3-5-8(7)10;3*1-7(9)8-5-3-2-4-6-8/h1-10H,11-12H2;2-4,10-11H,1H3;3*2-5,10H,1H3;3*2-6H,1H3. The van der Waals surface area contributed by atoms with Gasteiger partial charge in [0.25, 0.3) is 0 Å². The van der Waals surface area contributed by atoms with Crippen molar-refractivity contribution in [3.05, 3.63) is 293 Å². The molecule has 14 nitrogen and oxygen atoms in total. The molecule has 9 aromatic rings. The third-order valence-corrected chi connectivity index (χ3v) is 11.2. The fraction of sp³-hybridized carbons (Fsp3) is 0.127. The molecule has 0 fully saturated rings. The Bertz CT molecular complexity index is 3300. The number of Topliss-reactive ketones (excluding diaryl/α,β-unsaturated/α-hetero) is 7. The van der Waals surface area contributed by atoms with Gasteiger partial charge in [-0.25, -0.2) is 4.79 Å². The maximum Gasteiger partial charge on any atom is 0.338 e. The zero-order chi connectivity index (χ0) is 63.1. The first-order chi connectivity index (χ1) is 40.5. The van der Waals surface area contributed by atoms with Gasteiger partial charge < -0.3 is 30.3 Å². The van der Waals surface area contributed by atoms with Crippen LogP contribution >= 0.6 is 0 Å². The van der Waals surface area contributed by atoms with Crippen LogP contribution in [-0.4, -0.2) is 78.6 Å². The summed E-state index contributed by atoms with van der Waals surface area (Å²) in [5.74, 6) is -0.0149. The van der Waals surface area contributed by atoms with E-state index in [1.54, 1.807) is 75.4 Å². The Balaban J connectivity index is 0.000000335. The largest absolute Gasteiger partial charge is 0.508 e. The molecule has 0 aliphatic rings. The highest BCUT2D eigenvalue weighted by Crippen LogP contribution is 2.22. The predicted octanol–water partition coefficient (Wildman–Crippen LogP) is 14.8. The van der Waals surface area contributed by atoms with Crippen molar-refractivity contribution in [2.75, 3.05) is 6.61 Å². The summed E-state index contributed by atoms with van der Waals surface area (Å²) in [6, 6.07) is 69.4. The Labute approximate surface area is 496 Å². The molecule has 0 atom stereocenters. The average molecular weight is 1150 g/mol. The van der Waals surface area contributed by atoms with Crippen LogP contribution in [0.25, 0.3) is 0 Å². The molecule has 0 aromatic heterocycles. The Morgan fingerprint density at radius 1 is 0.282 bits per heavy atom. The minimum atomic E-state index is -0.262. The summed E-state index contributed by atoms with van der Waals surface area (Å²) >= 11 is 0. The SMILES string of the molecule is CC(=O)c1ccc(O)cc1.CC(=O)c1ccc(O)cc1.CC(=O)c1ccc(O)cc1O.CC(=O)c1ccccc1.CC(=O)c1ccccc1.CC(=O)c1ccccc1.CC(=O)c1ccccc1O.O=C(OCCc1ccccc1)c1ccccc1. The number of para-hydroxylation sites is 1. The first kappa shape index (κ1) is 70.2. The van der Waals surface area contributed by atoms with Gasteiger partial charge in [0.1, 0.15) is 28.7 Å². The normalized spacial score (nSPS) is 9.35. The molecule has 0 aliphatic heterocycles. The van der Waals surface area contributed by atoms with Crippen LogP contribution in [0.4, 0.5) is 0 Å².